The van der Waals surface area contributed by atoms with Crippen molar-refractivity contribution < 1.29 is 9.47 Å². The van der Waals surface area contributed by atoms with Crippen LogP contribution in [0.2, 0.25) is 0 Å². The Labute approximate surface area is 161 Å². The van der Waals surface area contributed by atoms with Crippen LogP contribution in [0, 0.1) is 0 Å². The van der Waals surface area contributed by atoms with E-state index in [1.54, 1.807) is 7.11 Å². The van der Waals surface area contributed by atoms with Crippen LogP contribution in [0.25, 0.3) is 11.2 Å². The van der Waals surface area contributed by atoms with Gasteiger partial charge < -0.3 is 20.1 Å². The van der Waals surface area contributed by atoms with Gasteiger partial charge in [-0.15, -0.1) is 0 Å². The lowest BCUT2D eigenvalue weighted by atomic mass is 10.2. The normalized spacial score (nSPS) is 14.9. The molecular formula is C19H32N6O2. The highest BCUT2D eigenvalue weighted by Gasteiger charge is 2.18. The zero-order valence-corrected chi connectivity index (χ0v) is 16.6. The topological polar surface area (TPSA) is 91.3 Å². The van der Waals surface area contributed by atoms with Crippen molar-refractivity contribution in [3.05, 3.63) is 0 Å². The number of hydrogen-bond donors (Lipinski definition) is 1. The summed E-state index contributed by atoms with van der Waals surface area (Å²) in [6.07, 6.45) is 8.15. The highest BCUT2D eigenvalue weighted by atomic mass is 16.5. The van der Waals surface area contributed by atoms with E-state index in [-0.39, 0.29) is 0 Å². The van der Waals surface area contributed by atoms with Gasteiger partial charge in [-0.1, -0.05) is 19.8 Å². The van der Waals surface area contributed by atoms with E-state index in [0.29, 0.717) is 35.6 Å². The summed E-state index contributed by atoms with van der Waals surface area (Å²) in [4.78, 5) is 15.8. The standard InChI is InChI=1S/C19H32N6O2/c1-3-4-14-27-18-22-16(20)15-17(23-18)25(19(21-15)26-2)13-7-5-6-10-24-11-8-9-12-24/h3-14H2,1-2H3,(H2,20,22,23). The second-order valence-electron chi connectivity index (χ2n) is 7.13. The molecule has 0 spiro atoms. The molecule has 1 fully saturated rings. The predicted molar refractivity (Wildman–Crippen MR) is 106 cm³/mol. The lowest BCUT2D eigenvalue weighted by Crippen LogP contribution is -2.20. The molecule has 150 valence electrons. The van der Waals surface area contributed by atoms with Gasteiger partial charge in [-0.2, -0.15) is 15.0 Å². The van der Waals surface area contributed by atoms with Crippen LogP contribution in [0.4, 0.5) is 5.82 Å². The van der Waals surface area contributed by atoms with Gasteiger partial charge >= 0.3 is 6.01 Å². The van der Waals surface area contributed by atoms with Crippen molar-refractivity contribution in [1.82, 2.24) is 24.4 Å². The molecule has 1 saturated heterocycles. The molecule has 1 aliphatic rings. The molecule has 0 bridgehead atoms. The molecule has 2 aromatic rings. The van der Waals surface area contributed by atoms with Crippen LogP contribution in [-0.2, 0) is 6.54 Å². The van der Waals surface area contributed by atoms with Crippen LogP contribution in [0.3, 0.4) is 0 Å². The van der Waals surface area contributed by atoms with Gasteiger partial charge in [0, 0.05) is 6.54 Å². The molecule has 0 saturated carbocycles. The number of anilines is 1. The number of nitrogen functional groups attached to an aromatic ring is 1. The van der Waals surface area contributed by atoms with Gasteiger partial charge in [-0.25, -0.2) is 0 Å². The largest absolute Gasteiger partial charge is 0.468 e. The molecule has 1 aliphatic heterocycles. The van der Waals surface area contributed by atoms with Crippen molar-refractivity contribution in [2.75, 3.05) is 39.1 Å². The minimum atomic E-state index is 0.311. The van der Waals surface area contributed by atoms with Crippen LogP contribution >= 0.6 is 0 Å². The summed E-state index contributed by atoms with van der Waals surface area (Å²) < 4.78 is 13.1. The Hall–Kier alpha value is -2.09. The van der Waals surface area contributed by atoms with Crippen molar-refractivity contribution in [2.24, 2.45) is 0 Å². The highest BCUT2D eigenvalue weighted by Crippen LogP contribution is 2.26. The molecule has 0 atom stereocenters. The monoisotopic (exact) mass is 376 g/mol. The van der Waals surface area contributed by atoms with Gasteiger partial charge in [0.2, 0.25) is 0 Å². The molecule has 8 nitrogen and oxygen atoms in total. The Morgan fingerprint density at radius 1 is 1.00 bits per heavy atom. The fraction of sp³-hybridized carbons (Fsp3) is 0.737. The van der Waals surface area contributed by atoms with E-state index in [4.69, 9.17) is 15.2 Å². The second kappa shape index (κ2) is 9.73. The number of aromatic nitrogens is 4. The maximum absolute atomic E-state index is 6.08. The minimum Gasteiger partial charge on any atom is -0.468 e. The van der Waals surface area contributed by atoms with E-state index < -0.39 is 0 Å². The summed E-state index contributed by atoms with van der Waals surface area (Å²) in [5, 5.41) is 0. The summed E-state index contributed by atoms with van der Waals surface area (Å²) in [5.41, 5.74) is 7.34. The first-order chi connectivity index (χ1) is 13.2. The summed E-state index contributed by atoms with van der Waals surface area (Å²) in [6.45, 7) is 7.22. The number of rotatable bonds is 11. The van der Waals surface area contributed by atoms with Gasteiger partial charge in [0.05, 0.1) is 13.7 Å². The Morgan fingerprint density at radius 2 is 1.78 bits per heavy atom. The number of nitrogens with zero attached hydrogens (tertiary/aromatic N) is 5. The summed E-state index contributed by atoms with van der Waals surface area (Å²) >= 11 is 0. The quantitative estimate of drug-likeness (QED) is 0.603. The maximum atomic E-state index is 6.08. The minimum absolute atomic E-state index is 0.311. The number of ether oxygens (including phenoxy) is 2. The number of nitrogens with two attached hydrogens (primary N) is 1. The molecule has 0 aromatic carbocycles. The zero-order valence-electron chi connectivity index (χ0n) is 16.6. The van der Waals surface area contributed by atoms with Crippen LogP contribution in [0.15, 0.2) is 0 Å². The Balaban J connectivity index is 1.64. The molecule has 2 aromatic heterocycles. The van der Waals surface area contributed by atoms with E-state index in [2.05, 4.69) is 26.8 Å². The zero-order chi connectivity index (χ0) is 19.1. The molecule has 0 amide bonds. The number of aryl methyl sites for hydroxylation is 1. The third-order valence-electron chi connectivity index (χ3n) is 5.03. The number of imidazole rings is 1. The van der Waals surface area contributed by atoms with Gasteiger partial charge in [-0.3, -0.25) is 4.57 Å². The molecule has 0 radical (unpaired) electrons. The maximum Gasteiger partial charge on any atom is 0.320 e. The van der Waals surface area contributed by atoms with Gasteiger partial charge in [0.25, 0.3) is 6.01 Å². The van der Waals surface area contributed by atoms with Crippen LogP contribution in [0.5, 0.6) is 12.0 Å². The number of hydrogen-bond acceptors (Lipinski definition) is 7. The van der Waals surface area contributed by atoms with Crippen molar-refractivity contribution in [3.63, 3.8) is 0 Å². The second-order valence-corrected chi connectivity index (χ2v) is 7.13. The highest BCUT2D eigenvalue weighted by molar-refractivity contribution is 5.83. The van der Waals surface area contributed by atoms with E-state index in [9.17, 15) is 0 Å². The molecule has 0 unspecified atom stereocenters. The first-order valence-electron chi connectivity index (χ1n) is 10.2. The van der Waals surface area contributed by atoms with E-state index in [1.807, 2.05) is 4.57 Å². The first kappa shape index (κ1) is 19.7. The molecule has 27 heavy (non-hydrogen) atoms. The average molecular weight is 377 g/mol. The lowest BCUT2D eigenvalue weighted by Gasteiger charge is -2.14. The third kappa shape index (κ3) is 5.00. The van der Waals surface area contributed by atoms with Gasteiger partial charge in [0.15, 0.2) is 17.0 Å². The summed E-state index contributed by atoms with van der Waals surface area (Å²) in [5.74, 6) is 0.331. The third-order valence-corrected chi connectivity index (χ3v) is 5.03. The van der Waals surface area contributed by atoms with Crippen LogP contribution < -0.4 is 15.2 Å². The smallest absolute Gasteiger partial charge is 0.320 e. The summed E-state index contributed by atoms with van der Waals surface area (Å²) in [6, 6.07) is 0.836. The van der Waals surface area contributed by atoms with Gasteiger partial charge in [-0.05, 0) is 51.7 Å². The van der Waals surface area contributed by atoms with Crippen molar-refractivity contribution in [1.29, 1.82) is 0 Å². The SMILES string of the molecule is CCCCOc1nc(N)c2nc(OC)n(CCCCCN3CCCC3)c2n1. The Bertz CT molecular complexity index is 727. The molecule has 3 heterocycles. The van der Waals surface area contributed by atoms with E-state index >= 15 is 0 Å². The predicted octanol–water partition coefficient (Wildman–Crippen LogP) is 2.86. The van der Waals surface area contributed by atoms with Crippen molar-refractivity contribution in [3.8, 4) is 12.0 Å². The lowest BCUT2D eigenvalue weighted by molar-refractivity contribution is 0.286. The van der Waals surface area contributed by atoms with Crippen LogP contribution in [0.1, 0.15) is 51.9 Å². The van der Waals surface area contributed by atoms with E-state index in [0.717, 1.165) is 25.8 Å². The molecule has 0 aliphatic carbocycles. The molecule has 3 rings (SSSR count). The average Bonchev–Trinajstić information content (AvgIpc) is 3.30. The van der Waals surface area contributed by atoms with Gasteiger partial charge in [0.1, 0.15) is 0 Å². The molecule has 2 N–H and O–H groups in total. The fourth-order valence-electron chi connectivity index (χ4n) is 3.50. The molecular weight excluding hydrogens is 344 g/mol. The number of likely N-dealkylation sites (tertiary alicyclic amines) is 1. The Morgan fingerprint density at radius 3 is 2.52 bits per heavy atom. The van der Waals surface area contributed by atoms with Crippen molar-refractivity contribution in [2.45, 2.75) is 58.4 Å². The van der Waals surface area contributed by atoms with Crippen LogP contribution in [-0.4, -0.2) is 57.8 Å². The summed E-state index contributed by atoms with van der Waals surface area (Å²) in [7, 11) is 1.62. The Kier molecular flexibility index (Phi) is 7.09. The number of methoxy groups -OCH3 is 1. The number of fused-ring (bicyclic) bond motifs is 1. The van der Waals surface area contributed by atoms with E-state index in [1.165, 1.54) is 45.3 Å². The van der Waals surface area contributed by atoms with Crippen molar-refractivity contribution >= 4 is 17.0 Å². The molecule has 8 heteroatoms. The number of unbranched alkanes of at least 4 members (excludes halogenated alkanes) is 3. The fourth-order valence-corrected chi connectivity index (χ4v) is 3.50. The first-order valence-corrected chi connectivity index (χ1v) is 10.2.